The van der Waals surface area contributed by atoms with Gasteiger partial charge in [0.1, 0.15) is 23.9 Å². The van der Waals surface area contributed by atoms with Crippen LogP contribution in [-0.2, 0) is 6.61 Å². The van der Waals surface area contributed by atoms with E-state index in [0.29, 0.717) is 12.4 Å². The van der Waals surface area contributed by atoms with E-state index in [0.717, 1.165) is 15.6 Å². The molecular formula is C15H12O3S. The van der Waals surface area contributed by atoms with Gasteiger partial charge in [0, 0.05) is 16.3 Å². The molecule has 0 atom stereocenters. The van der Waals surface area contributed by atoms with Gasteiger partial charge in [-0.25, -0.2) is 0 Å². The lowest BCUT2D eigenvalue weighted by atomic mass is 10.2. The van der Waals surface area contributed by atoms with Crippen LogP contribution in [0.4, 0.5) is 0 Å². The summed E-state index contributed by atoms with van der Waals surface area (Å²) in [5.41, 5.74) is 1.07. The Bertz CT molecular complexity index is 718. The van der Waals surface area contributed by atoms with Crippen LogP contribution in [0.5, 0.6) is 17.2 Å². The first-order chi connectivity index (χ1) is 9.22. The summed E-state index contributed by atoms with van der Waals surface area (Å²) >= 11 is 1.58. The minimum absolute atomic E-state index is 0.192. The van der Waals surface area contributed by atoms with Crippen molar-refractivity contribution in [3.63, 3.8) is 0 Å². The van der Waals surface area contributed by atoms with Crippen molar-refractivity contribution >= 4 is 21.4 Å². The number of hydrogen-bond acceptors (Lipinski definition) is 4. The molecule has 0 aliphatic rings. The molecule has 96 valence electrons. The van der Waals surface area contributed by atoms with Gasteiger partial charge >= 0.3 is 0 Å². The van der Waals surface area contributed by atoms with Gasteiger partial charge < -0.3 is 14.9 Å². The Morgan fingerprint density at radius 3 is 2.68 bits per heavy atom. The Balaban J connectivity index is 1.82. The van der Waals surface area contributed by atoms with Crippen LogP contribution in [-0.4, -0.2) is 10.2 Å². The Kier molecular flexibility index (Phi) is 3.01. The predicted octanol–water partition coefficient (Wildman–Crippen LogP) is 3.89. The number of phenols is 2. The summed E-state index contributed by atoms with van der Waals surface area (Å²) in [6, 6.07) is 12.1. The Morgan fingerprint density at radius 2 is 1.84 bits per heavy atom. The summed E-state index contributed by atoms with van der Waals surface area (Å²) in [5.74, 6) is 1.10. The number of hydrogen-bond donors (Lipinski definition) is 2. The highest BCUT2D eigenvalue weighted by Crippen LogP contribution is 2.30. The number of phenolic OH excluding ortho intramolecular Hbond substituents is 2. The third-order valence-electron chi connectivity index (χ3n) is 2.85. The summed E-state index contributed by atoms with van der Waals surface area (Å²) < 4.78 is 6.69. The maximum absolute atomic E-state index is 9.43. The molecule has 0 aliphatic heterocycles. The highest BCUT2D eigenvalue weighted by atomic mass is 32.1. The van der Waals surface area contributed by atoms with E-state index < -0.39 is 0 Å². The first kappa shape index (κ1) is 11.9. The molecule has 0 fully saturated rings. The standard InChI is InChI=1S/C15H12O3S/c16-11-2-1-3-13(6-11)18-8-10-9-19-15-7-12(17)4-5-14(10)15/h1-7,9,16-17H,8H2. The Morgan fingerprint density at radius 1 is 1.00 bits per heavy atom. The van der Waals surface area contributed by atoms with Crippen molar-refractivity contribution in [1.29, 1.82) is 0 Å². The summed E-state index contributed by atoms with van der Waals surface area (Å²) in [7, 11) is 0. The van der Waals surface area contributed by atoms with Gasteiger partial charge in [0.25, 0.3) is 0 Å². The monoisotopic (exact) mass is 272 g/mol. The van der Waals surface area contributed by atoms with Crippen LogP contribution in [0.3, 0.4) is 0 Å². The second kappa shape index (κ2) is 4.82. The first-order valence-corrected chi connectivity index (χ1v) is 6.71. The minimum atomic E-state index is 0.192. The van der Waals surface area contributed by atoms with Crippen LogP contribution in [0.1, 0.15) is 5.56 Å². The maximum Gasteiger partial charge on any atom is 0.123 e. The largest absolute Gasteiger partial charge is 0.508 e. The van der Waals surface area contributed by atoms with E-state index in [2.05, 4.69) is 0 Å². The zero-order chi connectivity index (χ0) is 13.2. The van der Waals surface area contributed by atoms with E-state index in [1.165, 1.54) is 0 Å². The van der Waals surface area contributed by atoms with Crippen LogP contribution in [0, 0.1) is 0 Å². The van der Waals surface area contributed by atoms with Crippen LogP contribution in [0.2, 0.25) is 0 Å². The van der Waals surface area contributed by atoms with Gasteiger partial charge in [-0.15, -0.1) is 11.3 Å². The lowest BCUT2D eigenvalue weighted by Gasteiger charge is -2.05. The molecule has 0 aliphatic carbocycles. The van der Waals surface area contributed by atoms with E-state index in [1.807, 2.05) is 11.4 Å². The zero-order valence-electron chi connectivity index (χ0n) is 10.0. The number of ether oxygens (including phenoxy) is 1. The van der Waals surface area contributed by atoms with E-state index in [1.54, 1.807) is 47.7 Å². The van der Waals surface area contributed by atoms with Crippen molar-refractivity contribution in [2.75, 3.05) is 0 Å². The molecule has 2 N–H and O–H groups in total. The summed E-state index contributed by atoms with van der Waals surface area (Å²) in [4.78, 5) is 0. The Hall–Kier alpha value is -2.20. The molecule has 1 heterocycles. The van der Waals surface area contributed by atoms with Gasteiger partial charge in [-0.3, -0.25) is 0 Å². The molecule has 3 aromatic rings. The average Bonchev–Trinajstić information content (AvgIpc) is 2.78. The molecule has 0 amide bonds. The zero-order valence-corrected chi connectivity index (χ0v) is 10.9. The summed E-state index contributed by atoms with van der Waals surface area (Å²) in [6.07, 6.45) is 0. The molecule has 3 nitrogen and oxygen atoms in total. The molecule has 2 aromatic carbocycles. The predicted molar refractivity (Wildman–Crippen MR) is 75.9 cm³/mol. The second-order valence-corrected chi connectivity index (χ2v) is 5.14. The van der Waals surface area contributed by atoms with E-state index in [4.69, 9.17) is 4.74 Å². The highest BCUT2D eigenvalue weighted by molar-refractivity contribution is 7.17. The van der Waals surface area contributed by atoms with Gasteiger partial charge in [0.2, 0.25) is 0 Å². The number of fused-ring (bicyclic) bond motifs is 1. The fourth-order valence-electron chi connectivity index (χ4n) is 1.92. The molecule has 0 spiro atoms. The minimum Gasteiger partial charge on any atom is -0.508 e. The first-order valence-electron chi connectivity index (χ1n) is 5.83. The van der Waals surface area contributed by atoms with Crippen molar-refractivity contribution in [3.8, 4) is 17.2 Å². The average molecular weight is 272 g/mol. The molecule has 3 rings (SSSR count). The van der Waals surface area contributed by atoms with Crippen molar-refractivity contribution in [1.82, 2.24) is 0 Å². The van der Waals surface area contributed by atoms with Crippen molar-refractivity contribution in [2.45, 2.75) is 6.61 Å². The summed E-state index contributed by atoms with van der Waals surface area (Å²) in [6.45, 7) is 0.439. The normalized spacial score (nSPS) is 10.7. The smallest absolute Gasteiger partial charge is 0.123 e. The highest BCUT2D eigenvalue weighted by Gasteiger charge is 2.06. The number of benzene rings is 2. The van der Waals surface area contributed by atoms with Crippen molar-refractivity contribution in [3.05, 3.63) is 53.4 Å². The molecule has 0 saturated carbocycles. The second-order valence-electron chi connectivity index (χ2n) is 4.23. The van der Waals surface area contributed by atoms with Gasteiger partial charge in [0.05, 0.1) is 0 Å². The maximum atomic E-state index is 9.43. The van der Waals surface area contributed by atoms with Gasteiger partial charge in [-0.05, 0) is 41.1 Å². The fourth-order valence-corrected chi connectivity index (χ4v) is 2.90. The van der Waals surface area contributed by atoms with Crippen molar-refractivity contribution < 1.29 is 14.9 Å². The number of rotatable bonds is 3. The summed E-state index contributed by atoms with van der Waals surface area (Å²) in [5, 5.41) is 21.9. The fraction of sp³-hybridized carbons (Fsp3) is 0.0667. The molecule has 4 heteroatoms. The van der Waals surface area contributed by atoms with Crippen LogP contribution < -0.4 is 4.74 Å². The quantitative estimate of drug-likeness (QED) is 0.760. The molecule has 0 saturated heterocycles. The number of aromatic hydroxyl groups is 2. The van der Waals surface area contributed by atoms with Gasteiger partial charge in [-0.1, -0.05) is 6.07 Å². The van der Waals surface area contributed by atoms with E-state index >= 15 is 0 Å². The molecule has 0 radical (unpaired) electrons. The van der Waals surface area contributed by atoms with Crippen LogP contribution in [0.15, 0.2) is 47.8 Å². The molecule has 19 heavy (non-hydrogen) atoms. The Labute approximate surface area is 114 Å². The van der Waals surface area contributed by atoms with Crippen LogP contribution >= 0.6 is 11.3 Å². The van der Waals surface area contributed by atoms with E-state index in [-0.39, 0.29) is 11.5 Å². The SMILES string of the molecule is Oc1cccc(OCc2csc3cc(O)ccc23)c1. The topological polar surface area (TPSA) is 49.7 Å². The lowest BCUT2D eigenvalue weighted by Crippen LogP contribution is -1.93. The van der Waals surface area contributed by atoms with E-state index in [9.17, 15) is 10.2 Å². The number of thiophene rings is 1. The molecular weight excluding hydrogens is 260 g/mol. The molecule has 1 aromatic heterocycles. The molecule has 0 unspecified atom stereocenters. The third-order valence-corrected chi connectivity index (χ3v) is 3.85. The van der Waals surface area contributed by atoms with Crippen LogP contribution in [0.25, 0.3) is 10.1 Å². The molecule has 0 bridgehead atoms. The van der Waals surface area contributed by atoms with Gasteiger partial charge in [0.15, 0.2) is 0 Å². The van der Waals surface area contributed by atoms with Crippen molar-refractivity contribution in [2.24, 2.45) is 0 Å². The van der Waals surface area contributed by atoms with Gasteiger partial charge in [-0.2, -0.15) is 0 Å². The third kappa shape index (κ3) is 2.48. The lowest BCUT2D eigenvalue weighted by molar-refractivity contribution is 0.306.